The number of non-ortho nitro benzene ring substituents is 1. The first kappa shape index (κ1) is 17.2. The Morgan fingerprint density at radius 1 is 0.821 bits per heavy atom. The van der Waals surface area contributed by atoms with Crippen LogP contribution in [0.1, 0.15) is 20.7 Å². The first-order valence-corrected chi connectivity index (χ1v) is 8.18. The predicted molar refractivity (Wildman–Crippen MR) is 98.9 cm³/mol. The Hall–Kier alpha value is -4.20. The number of carbonyl (C=O) groups excluding carboxylic acids is 2. The summed E-state index contributed by atoms with van der Waals surface area (Å²) < 4.78 is 5.64. The standard InChI is InChI=1S/C20H12N2O6/c23-14-5-1-12(2-6-14)21-19(24)17-10-9-16(11-18(17)20(21)25)28-15-7-3-13(4-8-15)22(26)27/h1-11,23H. The molecule has 0 aliphatic carbocycles. The fourth-order valence-electron chi connectivity index (χ4n) is 2.89. The molecule has 0 saturated carbocycles. The van der Waals surface area contributed by atoms with Crippen LogP contribution >= 0.6 is 0 Å². The van der Waals surface area contributed by atoms with Crippen molar-refractivity contribution in [3.8, 4) is 17.2 Å². The third-order valence-corrected chi connectivity index (χ3v) is 4.25. The van der Waals surface area contributed by atoms with E-state index in [2.05, 4.69) is 0 Å². The minimum atomic E-state index is -0.513. The number of ether oxygens (including phenoxy) is 1. The second-order valence-electron chi connectivity index (χ2n) is 6.02. The van der Waals surface area contributed by atoms with E-state index >= 15 is 0 Å². The van der Waals surface area contributed by atoms with E-state index in [1.807, 2.05) is 0 Å². The minimum Gasteiger partial charge on any atom is -0.508 e. The molecule has 28 heavy (non-hydrogen) atoms. The molecule has 0 aromatic heterocycles. The molecular weight excluding hydrogens is 364 g/mol. The third-order valence-electron chi connectivity index (χ3n) is 4.25. The molecule has 4 rings (SSSR count). The van der Waals surface area contributed by atoms with Gasteiger partial charge in [-0.15, -0.1) is 0 Å². The van der Waals surface area contributed by atoms with E-state index in [1.165, 1.54) is 60.7 Å². The fourth-order valence-corrected chi connectivity index (χ4v) is 2.89. The van der Waals surface area contributed by atoms with Crippen LogP contribution in [0, 0.1) is 10.1 Å². The zero-order chi connectivity index (χ0) is 19.8. The summed E-state index contributed by atoms with van der Waals surface area (Å²) in [6.45, 7) is 0. The quantitative estimate of drug-likeness (QED) is 0.420. The van der Waals surface area contributed by atoms with E-state index in [1.54, 1.807) is 6.07 Å². The Kier molecular flexibility index (Phi) is 4.00. The van der Waals surface area contributed by atoms with Gasteiger partial charge < -0.3 is 9.84 Å². The summed E-state index contributed by atoms with van der Waals surface area (Å²) in [5.41, 5.74) is 0.722. The Bertz CT molecular complexity index is 1110. The maximum absolute atomic E-state index is 12.7. The average Bonchev–Trinajstić information content (AvgIpc) is 2.93. The van der Waals surface area contributed by atoms with Crippen LogP contribution in [0.2, 0.25) is 0 Å². The summed E-state index contributed by atoms with van der Waals surface area (Å²) >= 11 is 0. The van der Waals surface area contributed by atoms with Crippen molar-refractivity contribution in [1.29, 1.82) is 0 Å². The molecule has 138 valence electrons. The summed E-state index contributed by atoms with van der Waals surface area (Å²) in [6, 6.07) is 15.7. The molecule has 2 amide bonds. The van der Waals surface area contributed by atoms with Crippen LogP contribution in [-0.2, 0) is 0 Å². The molecule has 1 aliphatic rings. The zero-order valence-electron chi connectivity index (χ0n) is 14.2. The van der Waals surface area contributed by atoms with Gasteiger partial charge in [0.15, 0.2) is 0 Å². The van der Waals surface area contributed by atoms with Gasteiger partial charge in [0.05, 0.1) is 21.7 Å². The Morgan fingerprint density at radius 2 is 1.43 bits per heavy atom. The third kappa shape index (κ3) is 2.92. The molecule has 8 nitrogen and oxygen atoms in total. The highest BCUT2D eigenvalue weighted by Crippen LogP contribution is 2.33. The van der Waals surface area contributed by atoms with E-state index < -0.39 is 16.7 Å². The second kappa shape index (κ2) is 6.51. The van der Waals surface area contributed by atoms with Gasteiger partial charge in [-0.25, -0.2) is 4.90 Å². The number of imide groups is 1. The van der Waals surface area contributed by atoms with Gasteiger partial charge in [-0.3, -0.25) is 19.7 Å². The molecule has 0 atom stereocenters. The van der Waals surface area contributed by atoms with Gasteiger partial charge in [0.1, 0.15) is 17.2 Å². The Balaban J connectivity index is 1.61. The van der Waals surface area contributed by atoms with Gasteiger partial charge in [0.25, 0.3) is 17.5 Å². The number of carbonyl (C=O) groups is 2. The topological polar surface area (TPSA) is 110 Å². The number of rotatable bonds is 4. The molecule has 0 saturated heterocycles. The lowest BCUT2D eigenvalue weighted by atomic mass is 10.1. The Morgan fingerprint density at radius 3 is 2.07 bits per heavy atom. The van der Waals surface area contributed by atoms with E-state index in [0.717, 1.165) is 4.90 Å². The number of phenols is 1. The van der Waals surface area contributed by atoms with Crippen LogP contribution in [0.25, 0.3) is 0 Å². The van der Waals surface area contributed by atoms with Crippen LogP contribution in [0.15, 0.2) is 66.7 Å². The van der Waals surface area contributed by atoms with Crippen LogP contribution in [0.3, 0.4) is 0 Å². The van der Waals surface area contributed by atoms with Crippen LogP contribution in [-0.4, -0.2) is 21.8 Å². The van der Waals surface area contributed by atoms with Crippen molar-refractivity contribution in [3.05, 3.63) is 88.0 Å². The monoisotopic (exact) mass is 376 g/mol. The number of phenolic OH excluding ortho intramolecular Hbond substituents is 1. The van der Waals surface area contributed by atoms with E-state index in [9.17, 15) is 24.8 Å². The normalized spacial score (nSPS) is 12.8. The first-order valence-electron chi connectivity index (χ1n) is 8.18. The van der Waals surface area contributed by atoms with E-state index in [4.69, 9.17) is 4.74 Å². The maximum atomic E-state index is 12.7. The summed E-state index contributed by atoms with van der Waals surface area (Å²) in [4.78, 5) is 36.6. The summed E-state index contributed by atoms with van der Waals surface area (Å²) in [7, 11) is 0. The molecule has 1 aliphatic heterocycles. The maximum Gasteiger partial charge on any atom is 0.269 e. The van der Waals surface area contributed by atoms with Crippen molar-refractivity contribution in [2.45, 2.75) is 0 Å². The molecule has 1 heterocycles. The molecular formula is C20H12N2O6. The van der Waals surface area contributed by atoms with Gasteiger partial charge in [-0.1, -0.05) is 0 Å². The molecule has 0 bridgehead atoms. The molecule has 1 N–H and O–H groups in total. The van der Waals surface area contributed by atoms with Crippen molar-refractivity contribution in [2.24, 2.45) is 0 Å². The van der Waals surface area contributed by atoms with Gasteiger partial charge in [-0.2, -0.15) is 0 Å². The van der Waals surface area contributed by atoms with Crippen molar-refractivity contribution < 1.29 is 24.4 Å². The highest BCUT2D eigenvalue weighted by molar-refractivity contribution is 6.34. The lowest BCUT2D eigenvalue weighted by molar-refractivity contribution is -0.384. The van der Waals surface area contributed by atoms with Crippen LogP contribution < -0.4 is 9.64 Å². The number of aromatic hydroxyl groups is 1. The number of amides is 2. The van der Waals surface area contributed by atoms with Crippen molar-refractivity contribution in [2.75, 3.05) is 4.90 Å². The Labute approximate surface area is 158 Å². The number of nitrogens with zero attached hydrogens (tertiary/aromatic N) is 2. The second-order valence-corrected chi connectivity index (χ2v) is 6.02. The highest BCUT2D eigenvalue weighted by atomic mass is 16.6. The van der Waals surface area contributed by atoms with Gasteiger partial charge in [-0.05, 0) is 54.6 Å². The molecule has 0 fully saturated rings. The van der Waals surface area contributed by atoms with Crippen LogP contribution in [0.5, 0.6) is 17.2 Å². The molecule has 0 unspecified atom stereocenters. The smallest absolute Gasteiger partial charge is 0.269 e. The number of nitro benzene ring substituents is 1. The van der Waals surface area contributed by atoms with Crippen LogP contribution in [0.4, 0.5) is 11.4 Å². The highest BCUT2D eigenvalue weighted by Gasteiger charge is 2.37. The van der Waals surface area contributed by atoms with Gasteiger partial charge in [0, 0.05) is 12.1 Å². The van der Waals surface area contributed by atoms with Gasteiger partial charge in [0.2, 0.25) is 0 Å². The predicted octanol–water partition coefficient (Wildman–Crippen LogP) is 3.89. The van der Waals surface area contributed by atoms with Crippen molar-refractivity contribution in [3.63, 3.8) is 0 Å². The number of nitro groups is 1. The lowest BCUT2D eigenvalue weighted by Gasteiger charge is -2.13. The SMILES string of the molecule is O=C1c2ccc(Oc3ccc([N+](=O)[O-])cc3)cc2C(=O)N1c1ccc(O)cc1. The molecule has 8 heteroatoms. The molecule has 3 aromatic carbocycles. The van der Waals surface area contributed by atoms with Gasteiger partial charge >= 0.3 is 0 Å². The van der Waals surface area contributed by atoms with E-state index in [0.29, 0.717) is 17.2 Å². The van der Waals surface area contributed by atoms with E-state index in [-0.39, 0.29) is 22.6 Å². The molecule has 3 aromatic rings. The zero-order valence-corrected chi connectivity index (χ0v) is 14.2. The number of hydrogen-bond acceptors (Lipinski definition) is 6. The largest absolute Gasteiger partial charge is 0.508 e. The number of benzene rings is 3. The number of hydrogen-bond donors (Lipinski definition) is 1. The number of fused-ring (bicyclic) bond motifs is 1. The summed E-state index contributed by atoms with van der Waals surface area (Å²) in [6.07, 6.45) is 0. The van der Waals surface area contributed by atoms with Crippen molar-refractivity contribution in [1.82, 2.24) is 0 Å². The number of anilines is 1. The molecule has 0 radical (unpaired) electrons. The first-order chi connectivity index (χ1) is 13.4. The average molecular weight is 376 g/mol. The lowest BCUT2D eigenvalue weighted by Crippen LogP contribution is -2.29. The summed E-state index contributed by atoms with van der Waals surface area (Å²) in [5.74, 6) is -0.259. The summed E-state index contributed by atoms with van der Waals surface area (Å²) in [5, 5.41) is 20.1. The van der Waals surface area contributed by atoms with Crippen molar-refractivity contribution >= 4 is 23.2 Å². The minimum absolute atomic E-state index is 0.0270. The fraction of sp³-hybridized carbons (Fsp3) is 0. The molecule has 0 spiro atoms.